The van der Waals surface area contributed by atoms with Crippen LogP contribution in [-0.2, 0) is 0 Å². The number of carbonyl (C=O) groups is 1. The van der Waals surface area contributed by atoms with Crippen molar-refractivity contribution in [1.29, 1.82) is 0 Å². The Kier molecular flexibility index (Phi) is 2.46. The SMILES string of the molecule is O=C1c2ccccc2NC(c2cccnc2)N1[O-]. The lowest BCUT2D eigenvalue weighted by atomic mass is 10.1. The van der Waals surface area contributed by atoms with E-state index in [0.717, 1.165) is 0 Å². The summed E-state index contributed by atoms with van der Waals surface area (Å²) in [6, 6.07) is 10.5. The number of hydrogen-bond donors (Lipinski definition) is 1. The summed E-state index contributed by atoms with van der Waals surface area (Å²) >= 11 is 0. The average Bonchev–Trinajstić information content (AvgIpc) is 2.44. The van der Waals surface area contributed by atoms with Crippen LogP contribution in [0.4, 0.5) is 5.69 Å². The highest BCUT2D eigenvalue weighted by atomic mass is 16.5. The summed E-state index contributed by atoms with van der Waals surface area (Å²) < 4.78 is 0. The number of carbonyl (C=O) groups excluding carboxylic acids is 1. The molecule has 3 rings (SSSR count). The number of amides is 1. The van der Waals surface area contributed by atoms with Crippen molar-refractivity contribution < 1.29 is 4.79 Å². The Hall–Kier alpha value is -2.40. The van der Waals surface area contributed by atoms with Crippen LogP contribution in [0.3, 0.4) is 0 Å². The molecule has 1 N–H and O–H groups in total. The van der Waals surface area contributed by atoms with Gasteiger partial charge < -0.3 is 15.6 Å². The van der Waals surface area contributed by atoms with Crippen molar-refractivity contribution in [3.63, 3.8) is 0 Å². The first-order chi connectivity index (χ1) is 8.77. The molecule has 0 bridgehead atoms. The summed E-state index contributed by atoms with van der Waals surface area (Å²) in [7, 11) is 0. The van der Waals surface area contributed by atoms with E-state index in [0.29, 0.717) is 21.9 Å². The molecule has 1 amide bonds. The Morgan fingerprint density at radius 1 is 1.22 bits per heavy atom. The third kappa shape index (κ3) is 1.61. The second-order valence-electron chi connectivity index (χ2n) is 4.01. The van der Waals surface area contributed by atoms with Crippen molar-refractivity contribution >= 4 is 11.6 Å². The average molecular weight is 240 g/mol. The Bertz CT molecular complexity index is 586. The van der Waals surface area contributed by atoms with E-state index in [2.05, 4.69) is 10.3 Å². The van der Waals surface area contributed by atoms with Gasteiger partial charge >= 0.3 is 0 Å². The van der Waals surface area contributed by atoms with Gasteiger partial charge in [-0.25, -0.2) is 0 Å². The first kappa shape index (κ1) is 10.7. The molecule has 2 heterocycles. The van der Waals surface area contributed by atoms with Gasteiger partial charge in [0, 0.05) is 23.6 Å². The highest BCUT2D eigenvalue weighted by Crippen LogP contribution is 2.31. The number of rotatable bonds is 1. The number of para-hydroxylation sites is 1. The maximum absolute atomic E-state index is 12.0. The van der Waals surface area contributed by atoms with E-state index in [1.165, 1.54) is 0 Å². The topological polar surface area (TPSA) is 68.3 Å². The van der Waals surface area contributed by atoms with E-state index in [1.807, 2.05) is 6.07 Å². The van der Waals surface area contributed by atoms with Gasteiger partial charge in [-0.15, -0.1) is 0 Å². The number of hydroxylamine groups is 2. The fourth-order valence-corrected chi connectivity index (χ4v) is 1.99. The fraction of sp³-hybridized carbons (Fsp3) is 0.0769. The Morgan fingerprint density at radius 2 is 2.06 bits per heavy atom. The lowest BCUT2D eigenvalue weighted by Gasteiger charge is -2.42. The molecule has 1 aliphatic rings. The number of nitrogens with one attached hydrogen (secondary N) is 1. The molecule has 90 valence electrons. The van der Waals surface area contributed by atoms with Crippen molar-refractivity contribution in [2.24, 2.45) is 0 Å². The molecule has 5 nitrogen and oxygen atoms in total. The van der Waals surface area contributed by atoms with E-state index >= 15 is 0 Å². The summed E-state index contributed by atoms with van der Waals surface area (Å²) in [6.07, 6.45) is 2.47. The van der Waals surface area contributed by atoms with Gasteiger partial charge in [-0.2, -0.15) is 0 Å². The molecule has 1 atom stereocenters. The smallest absolute Gasteiger partial charge is 0.247 e. The zero-order valence-electron chi connectivity index (χ0n) is 9.41. The number of anilines is 1. The van der Waals surface area contributed by atoms with Gasteiger partial charge in [-0.1, -0.05) is 18.2 Å². The summed E-state index contributed by atoms with van der Waals surface area (Å²) in [4.78, 5) is 15.9. The number of benzene rings is 1. The molecule has 0 aliphatic carbocycles. The summed E-state index contributed by atoms with van der Waals surface area (Å²) in [5.41, 5.74) is 1.73. The minimum absolute atomic E-state index is 0.396. The minimum atomic E-state index is -0.721. The first-order valence-electron chi connectivity index (χ1n) is 5.53. The van der Waals surface area contributed by atoms with Crippen LogP contribution in [0.2, 0.25) is 0 Å². The third-order valence-corrected chi connectivity index (χ3v) is 2.88. The fourth-order valence-electron chi connectivity index (χ4n) is 1.99. The molecule has 5 heteroatoms. The maximum Gasteiger partial charge on any atom is 0.247 e. The molecule has 1 aromatic heterocycles. The molecule has 1 aliphatic heterocycles. The highest BCUT2D eigenvalue weighted by molar-refractivity contribution is 6.01. The maximum atomic E-state index is 12.0. The molecule has 0 saturated heterocycles. The van der Waals surface area contributed by atoms with E-state index in [-0.39, 0.29) is 0 Å². The lowest BCUT2D eigenvalue weighted by molar-refractivity contribution is 0.0771. The van der Waals surface area contributed by atoms with Gasteiger partial charge in [0.2, 0.25) is 5.91 Å². The molecule has 0 spiro atoms. The number of nitrogens with zero attached hydrogens (tertiary/aromatic N) is 2. The Labute approximate surface area is 104 Å². The van der Waals surface area contributed by atoms with Crippen LogP contribution < -0.4 is 5.32 Å². The predicted octanol–water partition coefficient (Wildman–Crippen LogP) is 2.15. The van der Waals surface area contributed by atoms with Crippen molar-refractivity contribution in [3.05, 3.63) is 65.1 Å². The first-order valence-corrected chi connectivity index (χ1v) is 5.53. The molecular formula is C13H10N3O2-. The lowest BCUT2D eigenvalue weighted by Crippen LogP contribution is -2.38. The summed E-state index contributed by atoms with van der Waals surface area (Å²) in [5, 5.41) is 15.5. The number of hydrogen-bond acceptors (Lipinski definition) is 4. The summed E-state index contributed by atoms with van der Waals surface area (Å²) in [5.74, 6) is -0.529. The third-order valence-electron chi connectivity index (χ3n) is 2.88. The van der Waals surface area contributed by atoms with Crippen molar-refractivity contribution in [3.8, 4) is 0 Å². The zero-order chi connectivity index (χ0) is 12.5. The zero-order valence-corrected chi connectivity index (χ0v) is 9.41. The van der Waals surface area contributed by atoms with Crippen LogP contribution in [0.25, 0.3) is 0 Å². The number of pyridine rings is 1. The van der Waals surface area contributed by atoms with Gasteiger partial charge in [0.1, 0.15) is 6.17 Å². The van der Waals surface area contributed by atoms with E-state index in [9.17, 15) is 10.0 Å². The Morgan fingerprint density at radius 3 is 2.83 bits per heavy atom. The standard InChI is InChI=1S/C13H10N3O2/c17-13-10-5-1-2-6-11(10)15-12(16(13)18)9-4-3-7-14-8-9/h1-8,12,15H/q-1. The van der Waals surface area contributed by atoms with Crippen LogP contribution in [-0.4, -0.2) is 16.0 Å². The molecular weight excluding hydrogens is 230 g/mol. The predicted molar refractivity (Wildman–Crippen MR) is 66.6 cm³/mol. The Balaban J connectivity index is 2.04. The minimum Gasteiger partial charge on any atom is -0.754 e. The number of fused-ring (bicyclic) bond motifs is 1. The normalized spacial score (nSPS) is 18.2. The second kappa shape index (κ2) is 4.12. The van der Waals surface area contributed by atoms with Gasteiger partial charge in [0.15, 0.2) is 0 Å². The van der Waals surface area contributed by atoms with Crippen molar-refractivity contribution in [2.45, 2.75) is 6.17 Å². The summed E-state index contributed by atoms with van der Waals surface area (Å²) in [6.45, 7) is 0. The van der Waals surface area contributed by atoms with Gasteiger partial charge in [0.05, 0.1) is 5.56 Å². The van der Waals surface area contributed by atoms with Crippen molar-refractivity contribution in [1.82, 2.24) is 10.0 Å². The van der Waals surface area contributed by atoms with E-state index in [4.69, 9.17) is 0 Å². The van der Waals surface area contributed by atoms with Gasteiger partial charge in [-0.3, -0.25) is 9.78 Å². The molecule has 18 heavy (non-hydrogen) atoms. The van der Waals surface area contributed by atoms with Crippen LogP contribution in [0, 0.1) is 5.21 Å². The van der Waals surface area contributed by atoms with Crippen LogP contribution in [0.5, 0.6) is 0 Å². The van der Waals surface area contributed by atoms with Crippen LogP contribution >= 0.6 is 0 Å². The molecule has 1 aromatic carbocycles. The van der Waals surface area contributed by atoms with Crippen LogP contribution in [0.15, 0.2) is 48.8 Å². The number of aromatic nitrogens is 1. The molecule has 0 radical (unpaired) electrons. The second-order valence-corrected chi connectivity index (χ2v) is 4.01. The van der Waals surface area contributed by atoms with E-state index in [1.54, 1.807) is 42.7 Å². The molecule has 1 unspecified atom stereocenters. The quantitative estimate of drug-likeness (QED) is 0.829. The van der Waals surface area contributed by atoms with Gasteiger partial charge in [0.25, 0.3) is 0 Å². The molecule has 0 saturated carbocycles. The van der Waals surface area contributed by atoms with Crippen LogP contribution in [0.1, 0.15) is 22.1 Å². The van der Waals surface area contributed by atoms with Gasteiger partial charge in [-0.05, 0) is 18.2 Å². The monoisotopic (exact) mass is 240 g/mol. The highest BCUT2D eigenvalue weighted by Gasteiger charge is 2.26. The molecule has 0 fully saturated rings. The van der Waals surface area contributed by atoms with Crippen molar-refractivity contribution in [2.75, 3.05) is 5.32 Å². The largest absolute Gasteiger partial charge is 0.754 e. The van der Waals surface area contributed by atoms with E-state index < -0.39 is 12.1 Å². The molecule has 2 aromatic rings.